The summed E-state index contributed by atoms with van der Waals surface area (Å²) in [6, 6.07) is 3.11. The van der Waals surface area contributed by atoms with Crippen LogP contribution in [0, 0.1) is 0 Å². The molecule has 0 unspecified atom stereocenters. The quantitative estimate of drug-likeness (QED) is 0.791. The van der Waals surface area contributed by atoms with Crippen LogP contribution >= 0.6 is 0 Å². The molecule has 24 heavy (non-hydrogen) atoms. The summed E-state index contributed by atoms with van der Waals surface area (Å²) in [6.07, 6.45) is 3.47. The van der Waals surface area contributed by atoms with Gasteiger partial charge in [0.25, 0.3) is 5.91 Å². The molecule has 0 aromatic heterocycles. The van der Waals surface area contributed by atoms with Gasteiger partial charge in [0.2, 0.25) is 0 Å². The summed E-state index contributed by atoms with van der Waals surface area (Å²) < 4.78 is 11.1. The first-order chi connectivity index (χ1) is 11.6. The van der Waals surface area contributed by atoms with Crippen molar-refractivity contribution in [1.82, 2.24) is 4.90 Å². The number of ether oxygens (including phenoxy) is 2. The van der Waals surface area contributed by atoms with E-state index in [1.165, 1.54) is 6.92 Å². The number of fused-ring (bicyclic) bond motifs is 1. The fraction of sp³-hybridized carbons (Fsp3) is 0.500. The Balaban J connectivity index is 1.77. The Morgan fingerprint density at radius 1 is 1.21 bits per heavy atom. The lowest BCUT2D eigenvalue weighted by molar-refractivity contribution is -0.134. The van der Waals surface area contributed by atoms with Crippen molar-refractivity contribution >= 4 is 17.5 Å². The molecule has 6 heteroatoms. The molecule has 2 heterocycles. The highest BCUT2D eigenvalue weighted by atomic mass is 16.5. The second kappa shape index (κ2) is 7.03. The number of carbonyl (C=O) groups excluding carboxylic acids is 3. The van der Waals surface area contributed by atoms with Crippen molar-refractivity contribution in [1.29, 1.82) is 0 Å². The van der Waals surface area contributed by atoms with Crippen LogP contribution in [0.5, 0.6) is 11.5 Å². The number of hydrogen-bond acceptors (Lipinski definition) is 5. The molecule has 1 saturated heterocycles. The van der Waals surface area contributed by atoms with E-state index >= 15 is 0 Å². The van der Waals surface area contributed by atoms with Crippen molar-refractivity contribution < 1.29 is 23.9 Å². The zero-order valence-corrected chi connectivity index (χ0v) is 13.8. The van der Waals surface area contributed by atoms with Crippen LogP contribution in [0.25, 0.3) is 0 Å². The van der Waals surface area contributed by atoms with E-state index in [1.807, 2.05) is 0 Å². The van der Waals surface area contributed by atoms with Crippen molar-refractivity contribution in [2.45, 2.75) is 32.6 Å². The van der Waals surface area contributed by atoms with Crippen LogP contribution in [-0.2, 0) is 4.79 Å². The molecule has 3 rings (SSSR count). The van der Waals surface area contributed by atoms with Crippen molar-refractivity contribution in [3.05, 3.63) is 23.3 Å². The van der Waals surface area contributed by atoms with Gasteiger partial charge in [-0.3, -0.25) is 14.4 Å². The van der Waals surface area contributed by atoms with Crippen molar-refractivity contribution in [2.24, 2.45) is 0 Å². The average molecular weight is 331 g/mol. The maximum Gasteiger partial charge on any atom is 0.260 e. The lowest BCUT2D eigenvalue weighted by Gasteiger charge is -2.26. The van der Waals surface area contributed by atoms with Gasteiger partial charge in [0.05, 0.1) is 17.7 Å². The minimum atomic E-state index is -0.200. The van der Waals surface area contributed by atoms with Crippen LogP contribution in [0.3, 0.4) is 0 Å². The van der Waals surface area contributed by atoms with Crippen molar-refractivity contribution in [2.75, 3.05) is 26.3 Å². The number of nitrogens with zero attached hydrogens (tertiary/aromatic N) is 1. The molecule has 0 aliphatic carbocycles. The average Bonchev–Trinajstić information content (AvgIpc) is 2.60. The maximum absolute atomic E-state index is 12.2. The van der Waals surface area contributed by atoms with Crippen LogP contribution < -0.4 is 9.47 Å². The van der Waals surface area contributed by atoms with Gasteiger partial charge < -0.3 is 14.4 Å². The van der Waals surface area contributed by atoms with Crippen LogP contribution in [0.2, 0.25) is 0 Å². The van der Waals surface area contributed by atoms with Gasteiger partial charge in [-0.1, -0.05) is 0 Å². The molecule has 1 aromatic carbocycles. The topological polar surface area (TPSA) is 72.9 Å². The summed E-state index contributed by atoms with van der Waals surface area (Å²) in [5.74, 6) is 0.330. The Morgan fingerprint density at radius 2 is 1.96 bits per heavy atom. The normalized spacial score (nSPS) is 17.0. The van der Waals surface area contributed by atoms with E-state index in [0.29, 0.717) is 22.6 Å². The summed E-state index contributed by atoms with van der Waals surface area (Å²) in [5, 5.41) is 0. The molecule has 2 aliphatic rings. The van der Waals surface area contributed by atoms with Gasteiger partial charge in [-0.2, -0.15) is 0 Å². The predicted octanol–water partition coefficient (Wildman–Crippen LogP) is 2.25. The first-order valence-corrected chi connectivity index (χ1v) is 8.32. The molecular weight excluding hydrogens is 310 g/mol. The highest BCUT2D eigenvalue weighted by Crippen LogP contribution is 2.33. The Morgan fingerprint density at radius 3 is 2.67 bits per heavy atom. The van der Waals surface area contributed by atoms with Crippen LogP contribution in [0.15, 0.2) is 12.1 Å². The Kier molecular flexibility index (Phi) is 4.83. The second-order valence-electron chi connectivity index (χ2n) is 6.16. The maximum atomic E-state index is 12.2. The highest BCUT2D eigenvalue weighted by molar-refractivity contribution is 6.06. The van der Waals surface area contributed by atoms with Gasteiger partial charge in [-0.25, -0.2) is 0 Å². The van der Waals surface area contributed by atoms with E-state index in [9.17, 15) is 14.4 Å². The minimum absolute atomic E-state index is 0.0700. The molecule has 0 radical (unpaired) electrons. The number of piperidine rings is 1. The van der Waals surface area contributed by atoms with E-state index in [2.05, 4.69) is 0 Å². The monoisotopic (exact) mass is 331 g/mol. The van der Waals surface area contributed by atoms with E-state index in [4.69, 9.17) is 9.47 Å². The van der Waals surface area contributed by atoms with E-state index in [1.54, 1.807) is 17.0 Å². The molecule has 128 valence electrons. The number of benzene rings is 1. The fourth-order valence-electron chi connectivity index (χ4n) is 3.07. The lowest BCUT2D eigenvalue weighted by atomic mass is 9.99. The van der Waals surface area contributed by atoms with Crippen molar-refractivity contribution in [3.8, 4) is 11.5 Å². The number of rotatable bonds is 4. The molecular formula is C18H21NO5. The van der Waals surface area contributed by atoms with Crippen molar-refractivity contribution in [3.63, 3.8) is 0 Å². The molecule has 0 spiro atoms. The molecule has 0 N–H and O–H groups in total. The van der Waals surface area contributed by atoms with Crippen LogP contribution in [0.1, 0.15) is 53.3 Å². The lowest BCUT2D eigenvalue weighted by Crippen LogP contribution is -2.38. The zero-order chi connectivity index (χ0) is 17.1. The number of Topliss-reactive ketones (excluding diaryl/α,β-unsaturated/α-hetero) is 2. The molecule has 2 aliphatic heterocycles. The third-order valence-electron chi connectivity index (χ3n) is 4.39. The van der Waals surface area contributed by atoms with E-state index < -0.39 is 0 Å². The summed E-state index contributed by atoms with van der Waals surface area (Å²) in [6.45, 7) is 3.13. The highest BCUT2D eigenvalue weighted by Gasteiger charge is 2.25. The standard InChI is InChI=1S/C18H21NO5/c1-12(20)14-9-13(10-15-16(21)5-8-23-18(14)15)24-11-17(22)19-6-3-2-4-7-19/h9-10H,2-8,11H2,1H3. The molecule has 0 bridgehead atoms. The fourth-order valence-corrected chi connectivity index (χ4v) is 3.07. The predicted molar refractivity (Wildman–Crippen MR) is 86.8 cm³/mol. The Labute approximate surface area is 140 Å². The summed E-state index contributed by atoms with van der Waals surface area (Å²) >= 11 is 0. The third-order valence-corrected chi connectivity index (χ3v) is 4.39. The first kappa shape index (κ1) is 16.5. The van der Waals surface area contributed by atoms with Crippen LogP contribution in [-0.4, -0.2) is 48.7 Å². The number of carbonyl (C=O) groups is 3. The first-order valence-electron chi connectivity index (χ1n) is 8.32. The van der Waals surface area contributed by atoms with Gasteiger partial charge in [-0.05, 0) is 38.3 Å². The second-order valence-corrected chi connectivity index (χ2v) is 6.16. The molecule has 1 aromatic rings. The Bertz CT molecular complexity index is 659. The van der Waals surface area contributed by atoms with E-state index in [-0.39, 0.29) is 37.1 Å². The largest absolute Gasteiger partial charge is 0.492 e. The van der Waals surface area contributed by atoms with Gasteiger partial charge in [0.1, 0.15) is 11.5 Å². The molecule has 1 fully saturated rings. The summed E-state index contributed by atoms with van der Waals surface area (Å²) in [5.41, 5.74) is 0.676. The van der Waals surface area contributed by atoms with Gasteiger partial charge in [-0.15, -0.1) is 0 Å². The Hall–Kier alpha value is -2.37. The summed E-state index contributed by atoms with van der Waals surface area (Å²) in [7, 11) is 0. The van der Waals surface area contributed by atoms with E-state index in [0.717, 1.165) is 32.4 Å². The third kappa shape index (κ3) is 3.42. The minimum Gasteiger partial charge on any atom is -0.492 e. The SMILES string of the molecule is CC(=O)c1cc(OCC(=O)N2CCCCC2)cc2c1OCCC2=O. The summed E-state index contributed by atoms with van der Waals surface area (Å²) in [4.78, 5) is 37.9. The van der Waals surface area contributed by atoms with Gasteiger partial charge in [0, 0.05) is 19.5 Å². The number of hydrogen-bond donors (Lipinski definition) is 0. The smallest absolute Gasteiger partial charge is 0.260 e. The molecule has 0 atom stereocenters. The number of likely N-dealkylation sites (tertiary alicyclic amines) is 1. The zero-order valence-electron chi connectivity index (χ0n) is 13.8. The molecule has 0 saturated carbocycles. The number of amides is 1. The van der Waals surface area contributed by atoms with Crippen LogP contribution in [0.4, 0.5) is 0 Å². The molecule has 6 nitrogen and oxygen atoms in total. The van der Waals surface area contributed by atoms with Gasteiger partial charge >= 0.3 is 0 Å². The van der Waals surface area contributed by atoms with Gasteiger partial charge in [0.15, 0.2) is 18.2 Å². The molecule has 1 amide bonds. The number of ketones is 2.